The molecule has 1 aromatic heterocycles. The lowest BCUT2D eigenvalue weighted by atomic mass is 9.65. The lowest BCUT2D eigenvalue weighted by Crippen LogP contribution is -2.45. The smallest absolute Gasteiger partial charge is 0.246 e. The molecule has 0 aliphatic heterocycles. The summed E-state index contributed by atoms with van der Waals surface area (Å²) in [5, 5.41) is 4.84. The number of hydrazone groups is 1. The first kappa shape index (κ1) is 19.6. The fourth-order valence-corrected chi connectivity index (χ4v) is 4.49. The average Bonchev–Trinajstić information content (AvgIpc) is 3.22. The zero-order valence-electron chi connectivity index (χ0n) is 16.9. The van der Waals surface area contributed by atoms with Crippen molar-refractivity contribution >= 4 is 34.8 Å². The topological polar surface area (TPSA) is 70.1 Å². The van der Waals surface area contributed by atoms with Gasteiger partial charge in [0.05, 0.1) is 22.7 Å². The van der Waals surface area contributed by atoms with Crippen LogP contribution in [0.4, 0.5) is 0 Å². The van der Waals surface area contributed by atoms with Crippen LogP contribution in [0.25, 0.3) is 11.0 Å². The molecule has 1 amide bonds. The van der Waals surface area contributed by atoms with E-state index in [1.54, 1.807) is 18.3 Å². The van der Waals surface area contributed by atoms with Gasteiger partial charge in [-0.15, -0.1) is 0 Å². The number of para-hydroxylation sites is 2. The van der Waals surface area contributed by atoms with Gasteiger partial charge in [-0.05, 0) is 48.1 Å². The van der Waals surface area contributed by atoms with Crippen LogP contribution in [0.1, 0.15) is 50.9 Å². The Labute approximate surface area is 175 Å². The van der Waals surface area contributed by atoms with E-state index in [1.165, 1.54) is 0 Å². The maximum Gasteiger partial charge on any atom is 0.246 e. The fourth-order valence-electron chi connectivity index (χ4n) is 4.36. The number of H-pyrrole nitrogens is 1. The number of aromatic nitrogens is 2. The molecule has 2 N–H and O–H groups in total. The molecule has 0 saturated heterocycles. The van der Waals surface area contributed by atoms with E-state index in [-0.39, 0.29) is 17.2 Å². The molecule has 1 fully saturated rings. The van der Waals surface area contributed by atoms with Crippen LogP contribution >= 0.6 is 11.6 Å². The summed E-state index contributed by atoms with van der Waals surface area (Å²) in [6.45, 7) is 6.34. The van der Waals surface area contributed by atoms with E-state index in [2.05, 4.69) is 29.4 Å². The summed E-state index contributed by atoms with van der Waals surface area (Å²) in [6, 6.07) is 15.3. The molecule has 5 nitrogen and oxygen atoms in total. The molecule has 1 aliphatic carbocycles. The Morgan fingerprint density at radius 3 is 2.66 bits per heavy atom. The summed E-state index contributed by atoms with van der Waals surface area (Å²) >= 11 is 5.90. The maximum absolute atomic E-state index is 13.1. The SMILES string of the molecule is CC1(C)[C@H](c2nc3ccccc3[nH]2)CC[C@@]1(C)C(=O)N/N=C\c1ccc(Cl)cc1. The van der Waals surface area contributed by atoms with Crippen molar-refractivity contribution in [3.8, 4) is 0 Å². The monoisotopic (exact) mass is 408 g/mol. The predicted molar refractivity (Wildman–Crippen MR) is 117 cm³/mol. The molecule has 1 saturated carbocycles. The molecule has 0 radical (unpaired) electrons. The van der Waals surface area contributed by atoms with Crippen molar-refractivity contribution in [2.45, 2.75) is 39.5 Å². The maximum atomic E-state index is 13.1. The zero-order chi connectivity index (χ0) is 20.6. The number of carbonyl (C=O) groups is 1. The largest absolute Gasteiger partial charge is 0.342 e. The number of nitrogens with one attached hydrogen (secondary N) is 2. The highest BCUT2D eigenvalue weighted by molar-refractivity contribution is 6.30. The Hall–Kier alpha value is -2.66. The summed E-state index contributed by atoms with van der Waals surface area (Å²) in [4.78, 5) is 21.4. The van der Waals surface area contributed by atoms with Crippen molar-refractivity contribution in [1.29, 1.82) is 0 Å². The number of hydrogen-bond acceptors (Lipinski definition) is 3. The van der Waals surface area contributed by atoms with E-state index in [9.17, 15) is 4.79 Å². The minimum atomic E-state index is -0.548. The average molecular weight is 409 g/mol. The third-order valence-corrected chi connectivity index (χ3v) is 6.97. The summed E-state index contributed by atoms with van der Waals surface area (Å²) in [5.41, 5.74) is 4.80. The number of nitrogens with zero attached hydrogens (tertiary/aromatic N) is 2. The van der Waals surface area contributed by atoms with Crippen molar-refractivity contribution in [1.82, 2.24) is 15.4 Å². The van der Waals surface area contributed by atoms with Crippen LogP contribution in [-0.2, 0) is 4.79 Å². The molecular weight excluding hydrogens is 384 g/mol. The second-order valence-electron chi connectivity index (χ2n) is 8.53. The van der Waals surface area contributed by atoms with Crippen LogP contribution < -0.4 is 5.43 Å². The van der Waals surface area contributed by atoms with E-state index in [1.807, 2.05) is 43.3 Å². The number of carbonyl (C=O) groups excluding carboxylic acids is 1. The van der Waals surface area contributed by atoms with Crippen LogP contribution in [-0.4, -0.2) is 22.1 Å². The van der Waals surface area contributed by atoms with Gasteiger partial charge in [-0.3, -0.25) is 4.79 Å². The first-order chi connectivity index (χ1) is 13.8. The second-order valence-corrected chi connectivity index (χ2v) is 8.97. The van der Waals surface area contributed by atoms with Crippen molar-refractivity contribution in [3.63, 3.8) is 0 Å². The molecule has 0 unspecified atom stereocenters. The fraction of sp³-hybridized carbons (Fsp3) is 0.348. The molecular formula is C23H25ClN4O. The molecule has 150 valence electrons. The first-order valence-corrected chi connectivity index (χ1v) is 10.2. The number of imidazole rings is 1. The van der Waals surface area contributed by atoms with Crippen LogP contribution in [0, 0.1) is 10.8 Å². The second kappa shape index (κ2) is 7.30. The van der Waals surface area contributed by atoms with Crippen LogP contribution in [0.15, 0.2) is 53.6 Å². The van der Waals surface area contributed by atoms with Gasteiger partial charge in [0.1, 0.15) is 5.82 Å². The molecule has 1 aliphatic rings. The minimum absolute atomic E-state index is 0.0636. The lowest BCUT2D eigenvalue weighted by molar-refractivity contribution is -0.135. The molecule has 0 spiro atoms. The van der Waals surface area contributed by atoms with Gasteiger partial charge in [0.25, 0.3) is 0 Å². The van der Waals surface area contributed by atoms with E-state index in [0.717, 1.165) is 35.3 Å². The summed E-state index contributed by atoms with van der Waals surface area (Å²) in [7, 11) is 0. The van der Waals surface area contributed by atoms with Gasteiger partial charge in [-0.1, -0.05) is 56.6 Å². The molecule has 6 heteroatoms. The molecule has 1 heterocycles. The Morgan fingerprint density at radius 1 is 1.21 bits per heavy atom. The van der Waals surface area contributed by atoms with E-state index >= 15 is 0 Å². The number of aromatic amines is 1. The molecule has 0 bridgehead atoms. The predicted octanol–water partition coefficient (Wildman–Crippen LogP) is 5.28. The van der Waals surface area contributed by atoms with Gasteiger partial charge in [0.2, 0.25) is 5.91 Å². The molecule has 29 heavy (non-hydrogen) atoms. The van der Waals surface area contributed by atoms with E-state index < -0.39 is 5.41 Å². The van der Waals surface area contributed by atoms with E-state index in [0.29, 0.717) is 5.02 Å². The van der Waals surface area contributed by atoms with Crippen LogP contribution in [0.5, 0.6) is 0 Å². The van der Waals surface area contributed by atoms with Crippen molar-refractivity contribution in [2.24, 2.45) is 15.9 Å². The number of fused-ring (bicyclic) bond motifs is 1. The van der Waals surface area contributed by atoms with Crippen LogP contribution in [0.3, 0.4) is 0 Å². The Balaban J connectivity index is 1.52. The standard InChI is InChI=1S/C23H25ClN4O/c1-22(2)17(20-26-18-6-4-5-7-19(18)27-20)12-13-23(22,3)21(29)28-25-14-15-8-10-16(24)11-9-15/h4-11,14,17H,12-13H2,1-3H3,(H,26,27)(H,28,29)/b25-14-/t17-,23-/m0/s1. The molecule has 2 aromatic carbocycles. The molecule has 3 aromatic rings. The number of benzene rings is 2. The van der Waals surface area contributed by atoms with Crippen molar-refractivity contribution in [2.75, 3.05) is 0 Å². The van der Waals surface area contributed by atoms with Gasteiger partial charge in [-0.25, -0.2) is 10.4 Å². The van der Waals surface area contributed by atoms with Crippen molar-refractivity contribution < 1.29 is 4.79 Å². The van der Waals surface area contributed by atoms with Gasteiger partial charge < -0.3 is 4.98 Å². The Kier molecular flexibility index (Phi) is 4.95. The minimum Gasteiger partial charge on any atom is -0.342 e. The Morgan fingerprint density at radius 2 is 1.93 bits per heavy atom. The van der Waals surface area contributed by atoms with Gasteiger partial charge in [0, 0.05) is 10.9 Å². The zero-order valence-corrected chi connectivity index (χ0v) is 17.6. The first-order valence-electron chi connectivity index (χ1n) is 9.85. The summed E-state index contributed by atoms with van der Waals surface area (Å²) in [6.07, 6.45) is 3.32. The molecule has 2 atom stereocenters. The lowest BCUT2D eigenvalue weighted by Gasteiger charge is -2.39. The number of amides is 1. The van der Waals surface area contributed by atoms with E-state index in [4.69, 9.17) is 16.6 Å². The highest BCUT2D eigenvalue weighted by Crippen LogP contribution is 2.59. The number of hydrogen-bond donors (Lipinski definition) is 2. The van der Waals surface area contributed by atoms with Crippen LogP contribution in [0.2, 0.25) is 5.02 Å². The third-order valence-electron chi connectivity index (χ3n) is 6.71. The number of halogens is 1. The summed E-state index contributed by atoms with van der Waals surface area (Å²) in [5.74, 6) is 1.06. The van der Waals surface area contributed by atoms with Crippen molar-refractivity contribution in [3.05, 3.63) is 64.9 Å². The third kappa shape index (κ3) is 3.44. The Bertz CT molecular complexity index is 1040. The summed E-state index contributed by atoms with van der Waals surface area (Å²) < 4.78 is 0. The van der Waals surface area contributed by atoms with Gasteiger partial charge >= 0.3 is 0 Å². The quantitative estimate of drug-likeness (QED) is 0.455. The van der Waals surface area contributed by atoms with Gasteiger partial charge in [0.15, 0.2) is 0 Å². The number of rotatable bonds is 4. The highest BCUT2D eigenvalue weighted by Gasteiger charge is 2.57. The highest BCUT2D eigenvalue weighted by atomic mass is 35.5. The van der Waals surface area contributed by atoms with Gasteiger partial charge in [-0.2, -0.15) is 5.10 Å². The normalized spacial score (nSPS) is 23.7. The molecule has 4 rings (SSSR count).